The van der Waals surface area contributed by atoms with Crippen LogP contribution in [0.1, 0.15) is 11.1 Å². The number of imide groups is 1. The Bertz CT molecular complexity index is 1100. The summed E-state index contributed by atoms with van der Waals surface area (Å²) >= 11 is 6.81. The SMILES string of the molecule is O=C(CN1C(=O)S/C(=C/c2cccc(OCc3c(F)cccc3Cl)c2)C1=O)N1CCOCC1. The van der Waals surface area contributed by atoms with E-state index in [1.165, 1.54) is 12.1 Å². The van der Waals surface area contributed by atoms with Crippen LogP contribution in [0.2, 0.25) is 5.02 Å². The van der Waals surface area contributed by atoms with Crippen molar-refractivity contribution in [1.82, 2.24) is 9.80 Å². The van der Waals surface area contributed by atoms with E-state index >= 15 is 0 Å². The van der Waals surface area contributed by atoms with Crippen LogP contribution < -0.4 is 4.74 Å². The zero-order valence-electron chi connectivity index (χ0n) is 17.5. The fraction of sp³-hybridized carbons (Fsp3) is 0.261. The predicted molar refractivity (Wildman–Crippen MR) is 122 cm³/mol. The minimum absolute atomic E-state index is 0.0604. The quantitative estimate of drug-likeness (QED) is 0.571. The Morgan fingerprint density at radius 2 is 1.94 bits per heavy atom. The number of carbonyl (C=O) groups is 3. The smallest absolute Gasteiger partial charge is 0.294 e. The van der Waals surface area contributed by atoms with E-state index < -0.39 is 17.0 Å². The molecule has 10 heteroatoms. The first kappa shape index (κ1) is 23.3. The van der Waals surface area contributed by atoms with Crippen molar-refractivity contribution in [1.29, 1.82) is 0 Å². The number of nitrogens with zero attached hydrogens (tertiary/aromatic N) is 2. The number of amides is 3. The van der Waals surface area contributed by atoms with Gasteiger partial charge in [-0.1, -0.05) is 29.8 Å². The number of thioether (sulfide) groups is 1. The first-order valence-corrected chi connectivity index (χ1v) is 11.4. The van der Waals surface area contributed by atoms with Gasteiger partial charge in [-0.25, -0.2) is 4.39 Å². The third-order valence-electron chi connectivity index (χ3n) is 5.13. The monoisotopic (exact) mass is 490 g/mol. The van der Waals surface area contributed by atoms with Crippen molar-refractivity contribution in [2.24, 2.45) is 0 Å². The number of carbonyl (C=O) groups excluding carboxylic acids is 3. The van der Waals surface area contributed by atoms with Gasteiger partial charge in [0.05, 0.1) is 23.1 Å². The van der Waals surface area contributed by atoms with Crippen LogP contribution in [0, 0.1) is 5.82 Å². The topological polar surface area (TPSA) is 76.2 Å². The van der Waals surface area contributed by atoms with E-state index in [0.29, 0.717) is 37.6 Å². The molecule has 0 spiro atoms. The lowest BCUT2D eigenvalue weighted by molar-refractivity contribution is -0.139. The highest BCUT2D eigenvalue weighted by Gasteiger charge is 2.37. The molecule has 2 fully saturated rings. The largest absolute Gasteiger partial charge is 0.489 e. The normalized spacial score (nSPS) is 17.7. The third-order valence-corrected chi connectivity index (χ3v) is 6.39. The molecule has 2 heterocycles. The minimum Gasteiger partial charge on any atom is -0.489 e. The summed E-state index contributed by atoms with van der Waals surface area (Å²) in [5.74, 6) is -0.816. The molecule has 0 aromatic heterocycles. The summed E-state index contributed by atoms with van der Waals surface area (Å²) in [6, 6.07) is 11.2. The maximum atomic E-state index is 13.9. The summed E-state index contributed by atoms with van der Waals surface area (Å²) in [4.78, 5) is 40.3. The van der Waals surface area contributed by atoms with Crippen LogP contribution >= 0.6 is 23.4 Å². The zero-order valence-corrected chi connectivity index (χ0v) is 19.0. The van der Waals surface area contributed by atoms with Crippen molar-refractivity contribution < 1.29 is 28.2 Å². The van der Waals surface area contributed by atoms with Crippen molar-refractivity contribution in [3.05, 3.63) is 69.3 Å². The highest BCUT2D eigenvalue weighted by Crippen LogP contribution is 2.33. The van der Waals surface area contributed by atoms with Crippen molar-refractivity contribution in [2.45, 2.75) is 6.61 Å². The Hall–Kier alpha value is -2.88. The standard InChI is InChI=1S/C23H20ClFN2O5S/c24-18-5-2-6-19(25)17(18)14-32-16-4-1-3-15(11-16)12-20-22(29)27(23(30)33-20)13-21(28)26-7-9-31-10-8-26/h1-6,11-12H,7-10,13-14H2/b20-12+. The Morgan fingerprint density at radius 3 is 2.70 bits per heavy atom. The molecule has 2 aliphatic heterocycles. The van der Waals surface area contributed by atoms with Crippen LogP contribution in [-0.4, -0.2) is 59.7 Å². The molecule has 4 rings (SSSR count). The number of halogens is 2. The molecule has 2 aliphatic rings. The van der Waals surface area contributed by atoms with Crippen LogP contribution in [0.15, 0.2) is 47.4 Å². The minimum atomic E-state index is -0.518. The van der Waals surface area contributed by atoms with Crippen LogP contribution in [-0.2, 0) is 20.9 Å². The van der Waals surface area contributed by atoms with Gasteiger partial charge in [-0.05, 0) is 47.7 Å². The van der Waals surface area contributed by atoms with Gasteiger partial charge in [-0.15, -0.1) is 0 Å². The third kappa shape index (κ3) is 5.55. The van der Waals surface area contributed by atoms with Gasteiger partial charge in [-0.2, -0.15) is 0 Å². The molecule has 0 unspecified atom stereocenters. The predicted octanol–water partition coefficient (Wildman–Crippen LogP) is 3.95. The number of ether oxygens (including phenoxy) is 2. The van der Waals surface area contributed by atoms with Crippen LogP contribution in [0.5, 0.6) is 5.75 Å². The Labute approximate surface area is 199 Å². The highest BCUT2D eigenvalue weighted by atomic mass is 35.5. The molecule has 2 aromatic rings. The first-order chi connectivity index (χ1) is 15.9. The maximum absolute atomic E-state index is 13.9. The molecule has 0 N–H and O–H groups in total. The fourth-order valence-electron chi connectivity index (χ4n) is 3.36. The number of hydrogen-bond acceptors (Lipinski definition) is 6. The number of benzene rings is 2. The molecule has 0 aliphatic carbocycles. The lowest BCUT2D eigenvalue weighted by atomic mass is 10.2. The summed E-state index contributed by atoms with van der Waals surface area (Å²) in [6.07, 6.45) is 1.56. The zero-order chi connectivity index (χ0) is 23.4. The van der Waals surface area contributed by atoms with Crippen LogP contribution in [0.3, 0.4) is 0 Å². The molecule has 2 aromatic carbocycles. The summed E-state index contributed by atoms with van der Waals surface area (Å²) in [5, 5.41) is -0.221. The summed E-state index contributed by atoms with van der Waals surface area (Å²) in [7, 11) is 0. The lowest BCUT2D eigenvalue weighted by Crippen LogP contribution is -2.46. The van der Waals surface area contributed by atoms with Gasteiger partial charge >= 0.3 is 0 Å². The molecule has 33 heavy (non-hydrogen) atoms. The fourth-order valence-corrected chi connectivity index (χ4v) is 4.41. The van der Waals surface area contributed by atoms with Crippen molar-refractivity contribution in [3.8, 4) is 5.75 Å². The first-order valence-electron chi connectivity index (χ1n) is 10.2. The van der Waals surface area contributed by atoms with Crippen molar-refractivity contribution in [3.63, 3.8) is 0 Å². The van der Waals surface area contributed by atoms with Crippen molar-refractivity contribution >= 4 is 46.5 Å². The van der Waals surface area contributed by atoms with Gasteiger partial charge < -0.3 is 14.4 Å². The molecular formula is C23H20ClFN2O5S. The summed E-state index contributed by atoms with van der Waals surface area (Å²) in [5.41, 5.74) is 0.868. The molecule has 7 nitrogen and oxygen atoms in total. The van der Waals surface area contributed by atoms with E-state index in [4.69, 9.17) is 21.1 Å². The van der Waals surface area contributed by atoms with Gasteiger partial charge in [0.2, 0.25) is 5.91 Å². The molecule has 0 radical (unpaired) electrons. The average Bonchev–Trinajstić information content (AvgIpc) is 3.07. The molecule has 0 atom stereocenters. The van der Waals surface area contributed by atoms with E-state index in [0.717, 1.165) is 16.7 Å². The summed E-state index contributed by atoms with van der Waals surface area (Å²) < 4.78 is 24.8. The second-order valence-corrected chi connectivity index (χ2v) is 8.72. The summed E-state index contributed by atoms with van der Waals surface area (Å²) in [6.45, 7) is 1.40. The van der Waals surface area contributed by atoms with Gasteiger partial charge in [0.15, 0.2) is 0 Å². The molecule has 172 valence electrons. The van der Waals surface area contributed by atoms with Gasteiger partial charge in [0.25, 0.3) is 11.1 Å². The van der Waals surface area contributed by atoms with Crippen molar-refractivity contribution in [2.75, 3.05) is 32.8 Å². The molecule has 0 saturated carbocycles. The molecule has 0 bridgehead atoms. The number of hydrogen-bond donors (Lipinski definition) is 0. The Balaban J connectivity index is 1.42. The van der Waals surface area contributed by atoms with Gasteiger partial charge in [0, 0.05) is 18.7 Å². The molecular weight excluding hydrogens is 471 g/mol. The second kappa shape index (κ2) is 10.4. The number of rotatable bonds is 6. The van der Waals surface area contributed by atoms with E-state index in [2.05, 4.69) is 0 Å². The van der Waals surface area contributed by atoms with E-state index in [9.17, 15) is 18.8 Å². The second-order valence-electron chi connectivity index (χ2n) is 7.32. The van der Waals surface area contributed by atoms with E-state index in [1.807, 2.05) is 0 Å². The molecule has 2 saturated heterocycles. The highest BCUT2D eigenvalue weighted by molar-refractivity contribution is 8.18. The molecule has 3 amide bonds. The van der Waals surface area contributed by atoms with E-state index in [1.54, 1.807) is 41.3 Å². The van der Waals surface area contributed by atoms with E-state index in [-0.39, 0.29) is 34.6 Å². The average molecular weight is 491 g/mol. The van der Waals surface area contributed by atoms with Crippen LogP contribution in [0.4, 0.5) is 9.18 Å². The van der Waals surface area contributed by atoms with Gasteiger partial charge in [0.1, 0.15) is 24.7 Å². The van der Waals surface area contributed by atoms with Crippen LogP contribution in [0.25, 0.3) is 6.08 Å². The Kier molecular flexibility index (Phi) is 7.32. The Morgan fingerprint density at radius 1 is 1.18 bits per heavy atom. The van der Waals surface area contributed by atoms with Gasteiger partial charge in [-0.3, -0.25) is 19.3 Å². The number of morpholine rings is 1. The lowest BCUT2D eigenvalue weighted by Gasteiger charge is -2.28. The maximum Gasteiger partial charge on any atom is 0.294 e.